The third-order valence-corrected chi connectivity index (χ3v) is 7.00. The Morgan fingerprint density at radius 1 is 1.16 bits per heavy atom. The second-order valence-electron chi connectivity index (χ2n) is 9.57. The number of rotatable bonds is 10. The third-order valence-electron chi connectivity index (χ3n) is 7.00. The van der Waals surface area contributed by atoms with E-state index >= 15 is 0 Å². The fourth-order valence-electron chi connectivity index (χ4n) is 5.12. The standard InChI is InChI=1S/C28H35N7O2/c1-2-37-18-24-34-25-26(35(24)15-6-5-14-31-28(36)32-21-9-3-4-10-21)22-12-11-19(16-23(22)33-27(25)29)20-8-7-13-30-17-20/h7-8,11-13,16-17,21H,2-6,9-10,14-15,18H2,1H3,(H2,29,33)(H2,31,32,36). The van der Waals surface area contributed by atoms with Crippen molar-refractivity contribution in [1.29, 1.82) is 0 Å². The topological polar surface area (TPSA) is 120 Å². The summed E-state index contributed by atoms with van der Waals surface area (Å²) in [6.07, 6.45) is 9.91. The van der Waals surface area contributed by atoms with Gasteiger partial charge in [-0.2, -0.15) is 0 Å². The van der Waals surface area contributed by atoms with Crippen LogP contribution in [0.1, 0.15) is 51.3 Å². The number of aromatic nitrogens is 4. The number of nitrogens with one attached hydrogen (secondary N) is 2. The van der Waals surface area contributed by atoms with E-state index in [2.05, 4.69) is 43.4 Å². The number of anilines is 1. The second kappa shape index (κ2) is 11.6. The molecule has 4 aromatic rings. The molecule has 0 spiro atoms. The quantitative estimate of drug-likeness (QED) is 0.269. The molecule has 3 aromatic heterocycles. The molecule has 2 amide bonds. The SMILES string of the molecule is CCOCc1nc2c(N)nc3cc(-c4cccnc4)ccc3c2n1CCCCNC(=O)NC1CCCC1. The highest BCUT2D eigenvalue weighted by Crippen LogP contribution is 2.32. The molecule has 4 N–H and O–H groups in total. The number of fused-ring (bicyclic) bond motifs is 3. The largest absolute Gasteiger partial charge is 0.382 e. The number of carbonyl (C=O) groups excluding carboxylic acids is 1. The summed E-state index contributed by atoms with van der Waals surface area (Å²) in [7, 11) is 0. The summed E-state index contributed by atoms with van der Waals surface area (Å²) in [5.74, 6) is 1.24. The minimum absolute atomic E-state index is 0.0636. The molecule has 1 fully saturated rings. The first-order valence-electron chi connectivity index (χ1n) is 13.2. The van der Waals surface area contributed by atoms with Crippen LogP contribution in [0.3, 0.4) is 0 Å². The van der Waals surface area contributed by atoms with Crippen molar-refractivity contribution in [1.82, 2.24) is 30.2 Å². The lowest BCUT2D eigenvalue weighted by Gasteiger charge is -2.14. The van der Waals surface area contributed by atoms with Gasteiger partial charge in [-0.3, -0.25) is 4.98 Å². The summed E-state index contributed by atoms with van der Waals surface area (Å²) in [6.45, 7) is 4.35. The molecule has 194 valence electrons. The van der Waals surface area contributed by atoms with Gasteiger partial charge in [0.15, 0.2) is 5.82 Å². The Kier molecular flexibility index (Phi) is 7.79. The lowest BCUT2D eigenvalue weighted by atomic mass is 10.0. The summed E-state index contributed by atoms with van der Waals surface area (Å²) in [5.41, 5.74) is 11.0. The molecule has 0 atom stereocenters. The van der Waals surface area contributed by atoms with Gasteiger partial charge in [-0.1, -0.05) is 31.0 Å². The smallest absolute Gasteiger partial charge is 0.315 e. The zero-order valence-electron chi connectivity index (χ0n) is 21.4. The van der Waals surface area contributed by atoms with E-state index in [9.17, 15) is 4.79 Å². The zero-order valence-corrected chi connectivity index (χ0v) is 21.4. The third kappa shape index (κ3) is 5.67. The maximum absolute atomic E-state index is 12.2. The number of nitrogens with zero attached hydrogens (tertiary/aromatic N) is 4. The average Bonchev–Trinajstić information content (AvgIpc) is 3.56. The van der Waals surface area contributed by atoms with Gasteiger partial charge in [0.25, 0.3) is 0 Å². The van der Waals surface area contributed by atoms with Crippen LogP contribution in [0.4, 0.5) is 10.6 Å². The molecule has 1 aromatic carbocycles. The van der Waals surface area contributed by atoms with E-state index in [1.807, 2.05) is 25.3 Å². The van der Waals surface area contributed by atoms with Gasteiger partial charge >= 0.3 is 6.03 Å². The Morgan fingerprint density at radius 2 is 2.03 bits per heavy atom. The van der Waals surface area contributed by atoms with Gasteiger partial charge in [0.05, 0.1) is 11.0 Å². The van der Waals surface area contributed by atoms with E-state index in [1.54, 1.807) is 6.20 Å². The molecule has 0 unspecified atom stereocenters. The number of urea groups is 1. The fourth-order valence-corrected chi connectivity index (χ4v) is 5.12. The van der Waals surface area contributed by atoms with Crippen LogP contribution in [-0.2, 0) is 17.9 Å². The summed E-state index contributed by atoms with van der Waals surface area (Å²) < 4.78 is 7.93. The number of imidazole rings is 1. The van der Waals surface area contributed by atoms with Crippen molar-refractivity contribution < 1.29 is 9.53 Å². The van der Waals surface area contributed by atoms with Crippen LogP contribution in [0.25, 0.3) is 33.1 Å². The first-order valence-corrected chi connectivity index (χ1v) is 13.2. The van der Waals surface area contributed by atoms with Gasteiger partial charge in [0.1, 0.15) is 17.9 Å². The van der Waals surface area contributed by atoms with Crippen LogP contribution in [0.15, 0.2) is 42.7 Å². The number of hydrogen-bond acceptors (Lipinski definition) is 6. The molecular formula is C28H35N7O2. The van der Waals surface area contributed by atoms with Gasteiger partial charge in [-0.15, -0.1) is 0 Å². The van der Waals surface area contributed by atoms with Crippen LogP contribution in [0.2, 0.25) is 0 Å². The molecule has 0 saturated heterocycles. The average molecular weight is 502 g/mol. The van der Waals surface area contributed by atoms with Crippen LogP contribution in [-0.4, -0.2) is 44.7 Å². The number of pyridine rings is 2. The first-order chi connectivity index (χ1) is 18.1. The molecule has 0 aliphatic heterocycles. The van der Waals surface area contributed by atoms with Crippen LogP contribution >= 0.6 is 0 Å². The number of unbranched alkanes of at least 4 members (excludes halogenated alkanes) is 1. The van der Waals surface area contributed by atoms with E-state index < -0.39 is 0 Å². The number of amides is 2. The van der Waals surface area contributed by atoms with Crippen molar-refractivity contribution in [2.45, 2.75) is 64.6 Å². The van der Waals surface area contributed by atoms with Crippen LogP contribution in [0, 0.1) is 0 Å². The van der Waals surface area contributed by atoms with E-state index in [0.29, 0.717) is 37.1 Å². The molecular weight excluding hydrogens is 466 g/mol. The Balaban J connectivity index is 1.36. The normalized spacial score (nSPS) is 14.0. The lowest BCUT2D eigenvalue weighted by molar-refractivity contribution is 0.126. The van der Waals surface area contributed by atoms with E-state index in [1.165, 1.54) is 12.8 Å². The van der Waals surface area contributed by atoms with Gasteiger partial charge in [-0.25, -0.2) is 14.8 Å². The number of ether oxygens (including phenoxy) is 1. The Labute approximate surface area is 216 Å². The predicted molar refractivity (Wildman–Crippen MR) is 146 cm³/mol. The van der Waals surface area contributed by atoms with Crippen molar-refractivity contribution in [3.63, 3.8) is 0 Å². The van der Waals surface area contributed by atoms with Crippen molar-refractivity contribution in [3.05, 3.63) is 48.5 Å². The van der Waals surface area contributed by atoms with E-state index in [4.69, 9.17) is 15.5 Å². The number of benzene rings is 1. The Hall–Kier alpha value is -3.72. The summed E-state index contributed by atoms with van der Waals surface area (Å²) >= 11 is 0. The monoisotopic (exact) mass is 501 g/mol. The number of hydrogen-bond donors (Lipinski definition) is 3. The molecule has 37 heavy (non-hydrogen) atoms. The second-order valence-corrected chi connectivity index (χ2v) is 9.57. The molecule has 1 aliphatic rings. The number of nitrogen functional groups attached to an aromatic ring is 1. The number of aryl methyl sites for hydroxylation is 1. The highest BCUT2D eigenvalue weighted by atomic mass is 16.5. The minimum Gasteiger partial charge on any atom is -0.382 e. The zero-order chi connectivity index (χ0) is 25.6. The van der Waals surface area contributed by atoms with Gasteiger partial charge in [0.2, 0.25) is 0 Å². The van der Waals surface area contributed by atoms with Crippen molar-refractivity contribution in [3.8, 4) is 11.1 Å². The Morgan fingerprint density at radius 3 is 2.81 bits per heavy atom. The molecule has 0 radical (unpaired) electrons. The number of nitrogens with two attached hydrogens (primary N) is 1. The molecule has 9 nitrogen and oxygen atoms in total. The van der Waals surface area contributed by atoms with Crippen molar-refractivity contribution >= 4 is 33.8 Å². The predicted octanol–water partition coefficient (Wildman–Crippen LogP) is 4.79. The molecule has 1 saturated carbocycles. The highest BCUT2D eigenvalue weighted by Gasteiger charge is 2.19. The molecule has 9 heteroatoms. The van der Waals surface area contributed by atoms with Crippen LogP contribution in [0.5, 0.6) is 0 Å². The lowest BCUT2D eigenvalue weighted by Crippen LogP contribution is -2.41. The molecule has 3 heterocycles. The minimum atomic E-state index is -0.0636. The van der Waals surface area contributed by atoms with E-state index in [-0.39, 0.29) is 6.03 Å². The van der Waals surface area contributed by atoms with Crippen molar-refractivity contribution in [2.75, 3.05) is 18.9 Å². The first kappa shape index (κ1) is 25.0. The molecule has 5 rings (SSSR count). The van der Waals surface area contributed by atoms with Gasteiger partial charge in [0, 0.05) is 49.1 Å². The van der Waals surface area contributed by atoms with E-state index in [0.717, 1.165) is 65.6 Å². The van der Waals surface area contributed by atoms with Crippen LogP contribution < -0.4 is 16.4 Å². The number of carbonyl (C=O) groups is 1. The Bertz CT molecular complexity index is 1360. The molecule has 1 aliphatic carbocycles. The summed E-state index contributed by atoms with van der Waals surface area (Å²) in [5, 5.41) is 7.08. The fraction of sp³-hybridized carbons (Fsp3) is 0.429. The summed E-state index contributed by atoms with van der Waals surface area (Å²) in [4.78, 5) is 25.9. The maximum Gasteiger partial charge on any atom is 0.315 e. The van der Waals surface area contributed by atoms with Crippen molar-refractivity contribution in [2.24, 2.45) is 0 Å². The maximum atomic E-state index is 12.2. The summed E-state index contributed by atoms with van der Waals surface area (Å²) in [6, 6.07) is 10.4. The highest BCUT2D eigenvalue weighted by molar-refractivity contribution is 6.07. The molecule has 0 bridgehead atoms. The van der Waals surface area contributed by atoms with Gasteiger partial charge < -0.3 is 25.7 Å². The van der Waals surface area contributed by atoms with Gasteiger partial charge in [-0.05, 0) is 50.3 Å².